The van der Waals surface area contributed by atoms with Gasteiger partial charge in [0.25, 0.3) is 0 Å². The summed E-state index contributed by atoms with van der Waals surface area (Å²) in [7, 11) is -3.26. The number of rotatable bonds is 4. The van der Waals surface area contributed by atoms with Gasteiger partial charge in [-0.3, -0.25) is 4.68 Å². The van der Waals surface area contributed by atoms with Crippen LogP contribution in [0, 0.1) is 11.3 Å². The zero-order chi connectivity index (χ0) is 18.8. The van der Waals surface area contributed by atoms with Gasteiger partial charge in [-0.2, -0.15) is 14.7 Å². The number of fused-ring (bicyclic) bond motifs is 2. The molecule has 0 saturated carbocycles. The van der Waals surface area contributed by atoms with Crippen molar-refractivity contribution in [1.29, 1.82) is 5.26 Å². The molecule has 1 saturated heterocycles. The predicted octanol–water partition coefficient (Wildman–Crippen LogP) is 1.11. The number of allylic oxidation sites excluding steroid dienone is 2. The van der Waals surface area contributed by atoms with Crippen molar-refractivity contribution >= 4 is 15.6 Å². The van der Waals surface area contributed by atoms with Gasteiger partial charge in [0.2, 0.25) is 10.0 Å². The van der Waals surface area contributed by atoms with Gasteiger partial charge in [0.05, 0.1) is 23.9 Å². The molecular weight excluding hydrogens is 364 g/mol. The molecule has 0 unspecified atom stereocenters. The first-order chi connectivity index (χ1) is 13.0. The van der Waals surface area contributed by atoms with Crippen LogP contribution in [0.3, 0.4) is 0 Å². The Balaban J connectivity index is 1.56. The summed E-state index contributed by atoms with van der Waals surface area (Å²) in [6, 6.07) is 2.21. The maximum Gasteiger partial charge on any atom is 0.213 e. The minimum Gasteiger partial charge on any atom is -0.262 e. The highest BCUT2D eigenvalue weighted by Gasteiger charge is 2.50. The summed E-state index contributed by atoms with van der Waals surface area (Å²) < 4.78 is 27.5. The third-order valence-electron chi connectivity index (χ3n) is 5.78. The maximum absolute atomic E-state index is 12.1. The summed E-state index contributed by atoms with van der Waals surface area (Å²) >= 11 is 0. The molecule has 2 aromatic rings. The maximum atomic E-state index is 12.1. The average molecular weight is 382 g/mol. The molecule has 1 fully saturated rings. The highest BCUT2D eigenvalue weighted by Crippen LogP contribution is 2.43. The lowest BCUT2D eigenvalue weighted by molar-refractivity contribution is 0.0720. The van der Waals surface area contributed by atoms with Gasteiger partial charge in [0.1, 0.15) is 23.3 Å². The standard InChI is InChI=1S/C18H18N6O2S/c1-2-27(25,26)23-9-18(10-23,5-6-19)24-8-13-7-12-3-4-14-15(12)17(16(13)22-24)21-11-20-14/h3,8,11H,2,4-5,7,9-10H2,1H3. The second-order valence-corrected chi connectivity index (χ2v) is 9.59. The molecule has 3 heterocycles. The zero-order valence-corrected chi connectivity index (χ0v) is 15.7. The van der Waals surface area contributed by atoms with Gasteiger partial charge in [-0.05, 0) is 12.5 Å². The van der Waals surface area contributed by atoms with Crippen molar-refractivity contribution in [2.45, 2.75) is 31.7 Å². The minimum absolute atomic E-state index is 0.0620. The first-order valence-corrected chi connectivity index (χ1v) is 10.6. The van der Waals surface area contributed by atoms with Crippen molar-refractivity contribution in [3.8, 4) is 17.5 Å². The molecule has 8 nitrogen and oxygen atoms in total. The number of hydrogen-bond donors (Lipinski definition) is 0. The minimum atomic E-state index is -3.26. The number of nitriles is 1. The third-order valence-corrected chi connectivity index (χ3v) is 7.55. The Morgan fingerprint density at radius 3 is 2.85 bits per heavy atom. The van der Waals surface area contributed by atoms with Gasteiger partial charge in [0, 0.05) is 43.3 Å². The van der Waals surface area contributed by atoms with E-state index in [4.69, 9.17) is 5.10 Å². The molecule has 0 aromatic carbocycles. The van der Waals surface area contributed by atoms with Crippen molar-refractivity contribution in [2.24, 2.45) is 0 Å². The van der Waals surface area contributed by atoms with Crippen LogP contribution in [0.1, 0.15) is 30.2 Å². The zero-order valence-electron chi connectivity index (χ0n) is 14.9. The molecule has 1 aliphatic heterocycles. The molecule has 2 aliphatic carbocycles. The first kappa shape index (κ1) is 16.6. The van der Waals surface area contributed by atoms with Gasteiger partial charge in [-0.15, -0.1) is 0 Å². The van der Waals surface area contributed by atoms with E-state index in [-0.39, 0.29) is 25.3 Å². The smallest absolute Gasteiger partial charge is 0.213 e. The van der Waals surface area contributed by atoms with Gasteiger partial charge < -0.3 is 0 Å². The Morgan fingerprint density at radius 1 is 1.30 bits per heavy atom. The second kappa shape index (κ2) is 5.47. The molecule has 0 amide bonds. The van der Waals surface area contributed by atoms with Crippen LogP contribution in [0.5, 0.6) is 0 Å². The number of hydrogen-bond acceptors (Lipinski definition) is 6. The number of nitrogens with zero attached hydrogens (tertiary/aromatic N) is 6. The lowest BCUT2D eigenvalue weighted by Gasteiger charge is -2.47. The molecule has 0 radical (unpaired) electrons. The van der Waals surface area contributed by atoms with E-state index in [0.29, 0.717) is 0 Å². The molecule has 2 aromatic heterocycles. The molecule has 0 N–H and O–H groups in total. The Morgan fingerprint density at radius 2 is 2.11 bits per heavy atom. The Bertz CT molecular complexity index is 1140. The molecule has 0 atom stereocenters. The first-order valence-electron chi connectivity index (χ1n) is 8.95. The van der Waals surface area contributed by atoms with Crippen LogP contribution in [-0.2, 0) is 28.4 Å². The van der Waals surface area contributed by atoms with E-state index in [1.807, 2.05) is 6.20 Å². The molecule has 9 heteroatoms. The van der Waals surface area contributed by atoms with E-state index < -0.39 is 15.6 Å². The molecular formula is C18H18N6O2S. The van der Waals surface area contributed by atoms with Crippen molar-refractivity contribution in [2.75, 3.05) is 18.8 Å². The lowest BCUT2D eigenvalue weighted by Crippen LogP contribution is -2.64. The fraction of sp³-hybridized carbons (Fsp3) is 0.444. The highest BCUT2D eigenvalue weighted by molar-refractivity contribution is 7.89. The molecule has 138 valence electrons. The van der Waals surface area contributed by atoms with Gasteiger partial charge >= 0.3 is 0 Å². The average Bonchev–Trinajstić information content (AvgIpc) is 3.24. The van der Waals surface area contributed by atoms with Crippen molar-refractivity contribution in [3.05, 3.63) is 35.4 Å². The van der Waals surface area contributed by atoms with E-state index in [1.54, 1.807) is 17.9 Å². The SMILES string of the molecule is CCS(=O)(=O)N1CC(CC#N)(n2cc3c(n2)-c2ncnc4c2C(=CC4)C3)C1. The normalized spacial score (nSPS) is 19.6. The fourth-order valence-electron chi connectivity index (χ4n) is 4.24. The number of sulfonamides is 1. The quantitative estimate of drug-likeness (QED) is 0.784. The van der Waals surface area contributed by atoms with Crippen molar-refractivity contribution in [3.63, 3.8) is 0 Å². The van der Waals surface area contributed by atoms with Crippen LogP contribution in [0.15, 0.2) is 18.6 Å². The van der Waals surface area contributed by atoms with E-state index >= 15 is 0 Å². The summed E-state index contributed by atoms with van der Waals surface area (Å²) in [4.78, 5) is 8.84. The number of aromatic nitrogens is 4. The molecule has 3 aliphatic rings. The van der Waals surface area contributed by atoms with Crippen LogP contribution in [-0.4, -0.2) is 51.3 Å². The Labute approximate surface area is 157 Å². The van der Waals surface area contributed by atoms with Crippen LogP contribution in [0.2, 0.25) is 0 Å². The second-order valence-electron chi connectivity index (χ2n) is 7.33. The van der Waals surface area contributed by atoms with Crippen LogP contribution < -0.4 is 0 Å². The van der Waals surface area contributed by atoms with E-state index in [2.05, 4.69) is 22.1 Å². The predicted molar refractivity (Wildman–Crippen MR) is 97.9 cm³/mol. The van der Waals surface area contributed by atoms with Gasteiger partial charge in [-0.25, -0.2) is 18.4 Å². The highest BCUT2D eigenvalue weighted by atomic mass is 32.2. The largest absolute Gasteiger partial charge is 0.262 e. The monoisotopic (exact) mass is 382 g/mol. The fourth-order valence-corrected chi connectivity index (χ4v) is 5.48. The molecule has 27 heavy (non-hydrogen) atoms. The summed E-state index contributed by atoms with van der Waals surface area (Å²) in [6.45, 7) is 2.19. The summed E-state index contributed by atoms with van der Waals surface area (Å²) in [6.07, 6.45) is 7.53. The van der Waals surface area contributed by atoms with Crippen LogP contribution >= 0.6 is 0 Å². The van der Waals surface area contributed by atoms with Crippen molar-refractivity contribution in [1.82, 2.24) is 24.1 Å². The summed E-state index contributed by atoms with van der Waals surface area (Å²) in [5.74, 6) is 0.0620. The molecule has 5 rings (SSSR count). The van der Waals surface area contributed by atoms with E-state index in [1.165, 1.54) is 9.88 Å². The Hall–Kier alpha value is -2.57. The van der Waals surface area contributed by atoms with Gasteiger partial charge in [-0.1, -0.05) is 6.08 Å². The van der Waals surface area contributed by atoms with Gasteiger partial charge in [0.15, 0.2) is 0 Å². The van der Waals surface area contributed by atoms with Crippen molar-refractivity contribution < 1.29 is 8.42 Å². The lowest BCUT2D eigenvalue weighted by atomic mass is 9.89. The van der Waals surface area contributed by atoms with Crippen LogP contribution in [0.4, 0.5) is 0 Å². The third kappa shape index (κ3) is 2.23. The van der Waals surface area contributed by atoms with Crippen LogP contribution in [0.25, 0.3) is 17.0 Å². The topological polar surface area (TPSA) is 105 Å². The van der Waals surface area contributed by atoms with E-state index in [0.717, 1.165) is 41.1 Å². The summed E-state index contributed by atoms with van der Waals surface area (Å²) in [5, 5.41) is 14.1. The molecule has 0 bridgehead atoms. The molecule has 0 spiro atoms. The summed E-state index contributed by atoms with van der Waals surface area (Å²) in [5.41, 5.74) is 5.47. The van der Waals surface area contributed by atoms with E-state index in [9.17, 15) is 13.7 Å². The Kier molecular flexibility index (Phi) is 3.36.